The maximum atomic E-state index is 12.5. The number of carbonyl (C=O) groups excluding carboxylic acids is 1. The lowest BCUT2D eigenvalue weighted by Crippen LogP contribution is -2.14. The van der Waals surface area contributed by atoms with Gasteiger partial charge in [-0.1, -0.05) is 0 Å². The fourth-order valence-electron chi connectivity index (χ4n) is 2.42. The monoisotopic (exact) mass is 312 g/mol. The van der Waals surface area contributed by atoms with Gasteiger partial charge in [0.1, 0.15) is 0 Å². The zero-order valence-electron chi connectivity index (χ0n) is 12.9. The predicted molar refractivity (Wildman–Crippen MR) is 82.4 cm³/mol. The highest BCUT2D eigenvalue weighted by Gasteiger charge is 2.19. The summed E-state index contributed by atoms with van der Waals surface area (Å²) in [5, 5.41) is 15.7. The summed E-state index contributed by atoms with van der Waals surface area (Å²) in [6.45, 7) is 4.36. The zero-order chi connectivity index (χ0) is 16.4. The number of rotatable bonds is 4. The molecule has 1 aromatic heterocycles. The molecule has 1 aliphatic heterocycles. The van der Waals surface area contributed by atoms with E-state index in [1.54, 1.807) is 10.7 Å². The number of ether oxygens (including phenoxy) is 2. The maximum absolute atomic E-state index is 12.5. The Balaban J connectivity index is 1.80. The lowest BCUT2D eigenvalue weighted by Gasteiger charge is -2.09. The second-order valence-electron chi connectivity index (χ2n) is 5.25. The number of amides is 1. The molecule has 0 spiro atoms. The van der Waals surface area contributed by atoms with Crippen molar-refractivity contribution in [2.45, 2.75) is 26.8 Å². The van der Waals surface area contributed by atoms with Gasteiger partial charge in [-0.3, -0.25) is 9.48 Å². The first-order valence-corrected chi connectivity index (χ1v) is 7.21. The smallest absolute Gasteiger partial charge is 0.259 e. The Morgan fingerprint density at radius 3 is 2.87 bits per heavy atom. The van der Waals surface area contributed by atoms with E-state index in [0.29, 0.717) is 35.7 Å². The van der Waals surface area contributed by atoms with Gasteiger partial charge in [0.15, 0.2) is 11.5 Å². The van der Waals surface area contributed by atoms with Gasteiger partial charge in [0.25, 0.3) is 5.91 Å². The van der Waals surface area contributed by atoms with Crippen molar-refractivity contribution in [3.63, 3.8) is 0 Å². The number of aryl methyl sites for hydroxylation is 2. The first-order chi connectivity index (χ1) is 11.1. The van der Waals surface area contributed by atoms with Gasteiger partial charge in [0, 0.05) is 17.4 Å². The zero-order valence-corrected chi connectivity index (χ0v) is 12.9. The van der Waals surface area contributed by atoms with Gasteiger partial charge in [-0.05, 0) is 25.5 Å². The molecule has 2 aromatic rings. The molecule has 0 unspecified atom stereocenters. The molecule has 3 rings (SSSR count). The number of aromatic nitrogens is 2. The van der Waals surface area contributed by atoms with E-state index in [-0.39, 0.29) is 12.7 Å². The fraction of sp³-hybridized carbons (Fsp3) is 0.312. The molecule has 0 bridgehead atoms. The van der Waals surface area contributed by atoms with Crippen LogP contribution in [0.15, 0.2) is 18.3 Å². The van der Waals surface area contributed by atoms with Crippen LogP contribution in [0.3, 0.4) is 0 Å². The van der Waals surface area contributed by atoms with E-state index in [1.807, 2.05) is 19.9 Å². The highest BCUT2D eigenvalue weighted by Crippen LogP contribution is 2.36. The fourth-order valence-corrected chi connectivity index (χ4v) is 2.42. The number of hydrogen-bond donors (Lipinski definition) is 1. The van der Waals surface area contributed by atoms with Crippen LogP contribution in [-0.4, -0.2) is 22.5 Å². The summed E-state index contributed by atoms with van der Waals surface area (Å²) in [7, 11) is 0. The first-order valence-electron chi connectivity index (χ1n) is 7.21. The van der Waals surface area contributed by atoms with Crippen LogP contribution >= 0.6 is 0 Å². The minimum Gasteiger partial charge on any atom is -0.454 e. The predicted octanol–water partition coefficient (Wildman–Crippen LogP) is 2.39. The average Bonchev–Trinajstić information content (AvgIpc) is 3.12. The normalized spacial score (nSPS) is 12.0. The van der Waals surface area contributed by atoms with Gasteiger partial charge >= 0.3 is 0 Å². The van der Waals surface area contributed by atoms with E-state index >= 15 is 0 Å². The van der Waals surface area contributed by atoms with Gasteiger partial charge in [0.05, 0.1) is 30.8 Å². The van der Waals surface area contributed by atoms with Crippen molar-refractivity contribution in [3.05, 3.63) is 35.2 Å². The van der Waals surface area contributed by atoms with Crippen molar-refractivity contribution in [2.75, 3.05) is 12.1 Å². The highest BCUT2D eigenvalue weighted by atomic mass is 16.7. The van der Waals surface area contributed by atoms with Crippen LogP contribution in [0.25, 0.3) is 0 Å². The Bertz CT molecular complexity index is 804. The third kappa shape index (κ3) is 2.83. The Kier molecular flexibility index (Phi) is 3.89. The number of nitrogens with one attached hydrogen (secondary N) is 1. The molecule has 0 radical (unpaired) electrons. The summed E-state index contributed by atoms with van der Waals surface area (Å²) >= 11 is 0. The summed E-state index contributed by atoms with van der Waals surface area (Å²) in [4.78, 5) is 12.5. The lowest BCUT2D eigenvalue weighted by atomic mass is 10.1. The first kappa shape index (κ1) is 14.9. The third-order valence-corrected chi connectivity index (χ3v) is 3.75. The molecule has 23 heavy (non-hydrogen) atoms. The Morgan fingerprint density at radius 1 is 1.39 bits per heavy atom. The van der Waals surface area contributed by atoms with E-state index in [9.17, 15) is 4.79 Å². The van der Waals surface area contributed by atoms with E-state index in [4.69, 9.17) is 14.7 Å². The SMILES string of the molecule is Cc1cc2c(cc1NC(=O)c1cnn(CCC#N)c1C)OCO2. The maximum Gasteiger partial charge on any atom is 0.259 e. The van der Waals surface area contributed by atoms with Crippen LogP contribution in [-0.2, 0) is 6.54 Å². The van der Waals surface area contributed by atoms with Crippen LogP contribution in [0.1, 0.15) is 28.0 Å². The van der Waals surface area contributed by atoms with Crippen LogP contribution in [0.5, 0.6) is 11.5 Å². The Morgan fingerprint density at radius 2 is 2.13 bits per heavy atom. The molecule has 0 fully saturated rings. The summed E-state index contributed by atoms with van der Waals surface area (Å²) < 4.78 is 12.3. The second-order valence-corrected chi connectivity index (χ2v) is 5.25. The molecule has 1 N–H and O–H groups in total. The van der Waals surface area contributed by atoms with E-state index < -0.39 is 0 Å². The molecule has 1 aliphatic rings. The Labute approximate surface area is 133 Å². The van der Waals surface area contributed by atoms with Crippen LogP contribution in [0.2, 0.25) is 0 Å². The van der Waals surface area contributed by atoms with Gasteiger partial charge < -0.3 is 14.8 Å². The average molecular weight is 312 g/mol. The van der Waals surface area contributed by atoms with Gasteiger partial charge in [-0.15, -0.1) is 0 Å². The molecule has 0 atom stereocenters. The molecular weight excluding hydrogens is 296 g/mol. The highest BCUT2D eigenvalue weighted by molar-refractivity contribution is 6.05. The Hall–Kier alpha value is -3.01. The van der Waals surface area contributed by atoms with Crippen molar-refractivity contribution in [3.8, 4) is 17.6 Å². The molecule has 7 nitrogen and oxygen atoms in total. The molecule has 0 saturated heterocycles. The molecule has 0 saturated carbocycles. The summed E-state index contributed by atoms with van der Waals surface area (Å²) in [5.74, 6) is 1.06. The van der Waals surface area contributed by atoms with Crippen LogP contribution in [0, 0.1) is 25.2 Å². The van der Waals surface area contributed by atoms with Crippen LogP contribution < -0.4 is 14.8 Å². The number of hydrogen-bond acceptors (Lipinski definition) is 5. The largest absolute Gasteiger partial charge is 0.454 e. The number of anilines is 1. The topological polar surface area (TPSA) is 89.2 Å². The van der Waals surface area contributed by atoms with Crippen molar-refractivity contribution in [2.24, 2.45) is 0 Å². The minimum absolute atomic E-state index is 0.191. The molecule has 7 heteroatoms. The van der Waals surface area contributed by atoms with Crippen molar-refractivity contribution in [1.29, 1.82) is 5.26 Å². The standard InChI is InChI=1S/C16H16N4O3/c1-10-6-14-15(23-9-22-14)7-13(10)19-16(21)12-8-18-20(11(12)2)5-3-4-17/h6-8H,3,5,9H2,1-2H3,(H,19,21). The number of nitriles is 1. The summed E-state index contributed by atoms with van der Waals surface area (Å²) in [6, 6.07) is 5.66. The van der Waals surface area contributed by atoms with Gasteiger partial charge in [0.2, 0.25) is 6.79 Å². The summed E-state index contributed by atoms with van der Waals surface area (Å²) in [6.07, 6.45) is 1.87. The van der Waals surface area contributed by atoms with Gasteiger partial charge in [-0.25, -0.2) is 0 Å². The molecule has 1 aromatic carbocycles. The van der Waals surface area contributed by atoms with Crippen molar-refractivity contribution < 1.29 is 14.3 Å². The van der Waals surface area contributed by atoms with Gasteiger partial charge in [-0.2, -0.15) is 10.4 Å². The van der Waals surface area contributed by atoms with E-state index in [2.05, 4.69) is 16.5 Å². The molecule has 1 amide bonds. The molecule has 118 valence electrons. The summed E-state index contributed by atoms with van der Waals surface area (Å²) in [5.41, 5.74) is 2.77. The lowest BCUT2D eigenvalue weighted by molar-refractivity contribution is 0.102. The van der Waals surface area contributed by atoms with Crippen molar-refractivity contribution in [1.82, 2.24) is 9.78 Å². The molecular formula is C16H16N4O3. The molecule has 2 heterocycles. The number of carbonyl (C=O) groups is 1. The van der Waals surface area contributed by atoms with E-state index in [0.717, 1.165) is 11.3 Å². The van der Waals surface area contributed by atoms with Crippen molar-refractivity contribution >= 4 is 11.6 Å². The van der Waals surface area contributed by atoms with Crippen LogP contribution in [0.4, 0.5) is 5.69 Å². The number of fused-ring (bicyclic) bond motifs is 1. The number of nitrogens with zero attached hydrogens (tertiary/aromatic N) is 3. The van der Waals surface area contributed by atoms with E-state index in [1.165, 1.54) is 6.20 Å². The second kappa shape index (κ2) is 6.01. The quantitative estimate of drug-likeness (QED) is 0.936. The minimum atomic E-state index is -0.243. The third-order valence-electron chi connectivity index (χ3n) is 3.75. The number of benzene rings is 1. The molecule has 0 aliphatic carbocycles.